The minimum Gasteiger partial charge on any atom is -0.334 e. The minimum absolute atomic E-state index is 0.759. The van der Waals surface area contributed by atoms with Gasteiger partial charge in [0.15, 0.2) is 0 Å². The molecule has 18 heavy (non-hydrogen) atoms. The van der Waals surface area contributed by atoms with E-state index in [1.807, 2.05) is 43.1 Å². The summed E-state index contributed by atoms with van der Waals surface area (Å²) in [5.41, 5.74) is 2.84. The molecule has 0 bridgehead atoms. The number of rotatable bonds is 1. The zero-order chi connectivity index (χ0) is 12.7. The van der Waals surface area contributed by atoms with Crippen LogP contribution in [0, 0.1) is 6.92 Å². The van der Waals surface area contributed by atoms with Crippen molar-refractivity contribution in [2.75, 3.05) is 0 Å². The van der Waals surface area contributed by atoms with Crippen molar-refractivity contribution in [3.05, 3.63) is 41.0 Å². The van der Waals surface area contributed by atoms with E-state index in [4.69, 9.17) is 0 Å². The van der Waals surface area contributed by atoms with E-state index < -0.39 is 0 Å². The van der Waals surface area contributed by atoms with Crippen molar-refractivity contribution in [1.29, 1.82) is 0 Å². The summed E-state index contributed by atoms with van der Waals surface area (Å²) >= 11 is 3.57. The highest BCUT2D eigenvalue weighted by molar-refractivity contribution is 9.10. The van der Waals surface area contributed by atoms with Crippen LogP contribution in [0.4, 0.5) is 0 Å². The molecular formula is C13H11BrN4. The molecule has 3 heterocycles. The van der Waals surface area contributed by atoms with Gasteiger partial charge in [0.25, 0.3) is 0 Å². The highest BCUT2D eigenvalue weighted by Crippen LogP contribution is 2.32. The van der Waals surface area contributed by atoms with Crippen molar-refractivity contribution in [1.82, 2.24) is 19.5 Å². The Kier molecular flexibility index (Phi) is 2.63. The van der Waals surface area contributed by atoms with E-state index in [0.717, 1.165) is 32.6 Å². The monoisotopic (exact) mass is 302 g/mol. The molecule has 0 aliphatic heterocycles. The lowest BCUT2D eigenvalue weighted by molar-refractivity contribution is 0.931. The van der Waals surface area contributed by atoms with E-state index in [0.29, 0.717) is 0 Å². The largest absolute Gasteiger partial charge is 0.334 e. The van der Waals surface area contributed by atoms with Crippen molar-refractivity contribution in [3.8, 4) is 11.3 Å². The normalized spacial score (nSPS) is 11.1. The number of aryl methyl sites for hydroxylation is 2. The van der Waals surface area contributed by atoms with Gasteiger partial charge in [-0.2, -0.15) is 0 Å². The predicted molar refractivity (Wildman–Crippen MR) is 74.2 cm³/mol. The molecule has 0 unspecified atom stereocenters. The lowest BCUT2D eigenvalue weighted by atomic mass is 10.1. The molecule has 0 saturated heterocycles. The summed E-state index contributed by atoms with van der Waals surface area (Å²) in [5.74, 6) is 0.759. The van der Waals surface area contributed by atoms with Crippen LogP contribution in [0.15, 0.2) is 35.2 Å². The fourth-order valence-corrected chi connectivity index (χ4v) is 2.71. The minimum atomic E-state index is 0.759. The Morgan fingerprint density at radius 2 is 2.11 bits per heavy atom. The van der Waals surface area contributed by atoms with Gasteiger partial charge in [0, 0.05) is 35.7 Å². The summed E-state index contributed by atoms with van der Waals surface area (Å²) in [7, 11) is 1.98. The summed E-state index contributed by atoms with van der Waals surface area (Å²) in [6.07, 6.45) is 5.58. The average Bonchev–Trinajstić information content (AvgIpc) is 2.65. The number of hydrogen-bond donors (Lipinski definition) is 0. The van der Waals surface area contributed by atoms with Crippen LogP contribution in [-0.4, -0.2) is 19.5 Å². The molecule has 0 spiro atoms. The van der Waals surface area contributed by atoms with Gasteiger partial charge in [0.05, 0.1) is 11.1 Å². The third kappa shape index (κ3) is 1.71. The third-order valence-electron chi connectivity index (χ3n) is 2.82. The number of fused-ring (bicyclic) bond motifs is 1. The van der Waals surface area contributed by atoms with E-state index in [-0.39, 0.29) is 0 Å². The van der Waals surface area contributed by atoms with Crippen LogP contribution in [-0.2, 0) is 7.05 Å². The van der Waals surface area contributed by atoms with Gasteiger partial charge >= 0.3 is 0 Å². The first-order valence-electron chi connectivity index (χ1n) is 5.56. The molecule has 0 radical (unpaired) electrons. The van der Waals surface area contributed by atoms with E-state index >= 15 is 0 Å². The Labute approximate surface area is 113 Å². The van der Waals surface area contributed by atoms with Gasteiger partial charge < -0.3 is 4.57 Å². The molecular weight excluding hydrogens is 292 g/mol. The summed E-state index contributed by atoms with van der Waals surface area (Å²) in [4.78, 5) is 13.2. The average molecular weight is 303 g/mol. The smallest absolute Gasteiger partial charge is 0.145 e. The predicted octanol–water partition coefficient (Wildman–Crippen LogP) is 3.10. The lowest BCUT2D eigenvalue weighted by Gasteiger charge is -2.05. The molecule has 0 fully saturated rings. The second-order valence-electron chi connectivity index (χ2n) is 4.15. The van der Waals surface area contributed by atoms with Crippen LogP contribution < -0.4 is 0 Å². The van der Waals surface area contributed by atoms with Crippen molar-refractivity contribution in [2.24, 2.45) is 7.05 Å². The van der Waals surface area contributed by atoms with Gasteiger partial charge in [-0.25, -0.2) is 9.97 Å². The molecule has 5 heteroatoms. The number of pyridine rings is 1. The standard InChI is InChI=1S/C13H11BrN4/c1-8-16-12(9-4-3-5-15-6-9)11-10(14)7-18(2)13(11)17-8/h3-7H,1-2H3. The van der Waals surface area contributed by atoms with Crippen LogP contribution in [0.25, 0.3) is 22.3 Å². The molecule has 0 N–H and O–H groups in total. The third-order valence-corrected chi connectivity index (χ3v) is 3.42. The summed E-state index contributed by atoms with van der Waals surface area (Å²) in [6, 6.07) is 3.92. The van der Waals surface area contributed by atoms with Gasteiger partial charge in [-0.3, -0.25) is 4.98 Å². The summed E-state index contributed by atoms with van der Waals surface area (Å²) < 4.78 is 2.99. The fourth-order valence-electron chi connectivity index (χ4n) is 2.04. The first kappa shape index (κ1) is 11.3. The SMILES string of the molecule is Cc1nc(-c2cccnc2)c2c(Br)cn(C)c2n1. The zero-order valence-electron chi connectivity index (χ0n) is 10.1. The maximum atomic E-state index is 4.55. The maximum absolute atomic E-state index is 4.55. The van der Waals surface area contributed by atoms with Crippen molar-refractivity contribution >= 4 is 27.0 Å². The van der Waals surface area contributed by atoms with Gasteiger partial charge in [0.1, 0.15) is 11.5 Å². The summed E-state index contributed by atoms with van der Waals surface area (Å²) in [5, 5.41) is 1.02. The molecule has 90 valence electrons. The molecule has 0 aromatic carbocycles. The number of hydrogen-bond acceptors (Lipinski definition) is 3. The molecule has 3 rings (SSSR count). The molecule has 4 nitrogen and oxygen atoms in total. The fraction of sp³-hybridized carbons (Fsp3) is 0.154. The van der Waals surface area contributed by atoms with Crippen LogP contribution in [0.3, 0.4) is 0 Å². The molecule has 0 aliphatic carbocycles. The second kappa shape index (κ2) is 4.17. The van der Waals surface area contributed by atoms with Gasteiger partial charge in [-0.15, -0.1) is 0 Å². The topological polar surface area (TPSA) is 43.6 Å². The van der Waals surface area contributed by atoms with E-state index in [1.165, 1.54) is 0 Å². The van der Waals surface area contributed by atoms with Crippen LogP contribution >= 0.6 is 15.9 Å². The molecule has 0 aliphatic rings. The van der Waals surface area contributed by atoms with Gasteiger partial charge in [-0.05, 0) is 35.0 Å². The lowest BCUT2D eigenvalue weighted by Crippen LogP contribution is -1.96. The highest BCUT2D eigenvalue weighted by atomic mass is 79.9. The quantitative estimate of drug-likeness (QED) is 0.694. The Morgan fingerprint density at radius 1 is 1.28 bits per heavy atom. The van der Waals surface area contributed by atoms with Crippen molar-refractivity contribution in [2.45, 2.75) is 6.92 Å². The highest BCUT2D eigenvalue weighted by Gasteiger charge is 2.14. The molecule has 0 amide bonds. The number of aromatic nitrogens is 4. The Hall–Kier alpha value is -1.75. The van der Waals surface area contributed by atoms with Crippen molar-refractivity contribution < 1.29 is 0 Å². The summed E-state index contributed by atoms with van der Waals surface area (Å²) in [6.45, 7) is 1.90. The first-order valence-corrected chi connectivity index (χ1v) is 6.35. The van der Waals surface area contributed by atoms with Gasteiger partial charge in [-0.1, -0.05) is 0 Å². The van der Waals surface area contributed by atoms with E-state index in [1.54, 1.807) is 6.20 Å². The number of nitrogens with zero attached hydrogens (tertiary/aromatic N) is 4. The van der Waals surface area contributed by atoms with Gasteiger partial charge in [0.2, 0.25) is 0 Å². The molecule has 0 atom stereocenters. The Balaban J connectivity index is 2.42. The van der Waals surface area contributed by atoms with E-state index in [2.05, 4.69) is 30.9 Å². The van der Waals surface area contributed by atoms with Crippen LogP contribution in [0.1, 0.15) is 5.82 Å². The zero-order valence-corrected chi connectivity index (χ0v) is 11.6. The van der Waals surface area contributed by atoms with Crippen LogP contribution in [0.5, 0.6) is 0 Å². The second-order valence-corrected chi connectivity index (χ2v) is 5.00. The van der Waals surface area contributed by atoms with Crippen LogP contribution in [0.2, 0.25) is 0 Å². The Bertz CT molecular complexity index is 719. The first-order chi connectivity index (χ1) is 8.66. The van der Waals surface area contributed by atoms with E-state index in [9.17, 15) is 0 Å². The molecule has 3 aromatic rings. The molecule has 3 aromatic heterocycles. The Morgan fingerprint density at radius 3 is 2.83 bits per heavy atom. The number of halogens is 1. The maximum Gasteiger partial charge on any atom is 0.145 e. The molecule has 0 saturated carbocycles. The van der Waals surface area contributed by atoms with Crippen molar-refractivity contribution in [3.63, 3.8) is 0 Å².